The summed E-state index contributed by atoms with van der Waals surface area (Å²) >= 11 is 9.20. The van der Waals surface area contributed by atoms with Crippen LogP contribution in [0.25, 0.3) is 10.2 Å². The van der Waals surface area contributed by atoms with Gasteiger partial charge in [0.05, 0.1) is 5.39 Å². The molecule has 0 spiro atoms. The summed E-state index contributed by atoms with van der Waals surface area (Å²) in [7, 11) is -3.19. The van der Waals surface area contributed by atoms with E-state index in [1.54, 1.807) is 11.8 Å². The molecule has 3 rings (SSSR count). The van der Waals surface area contributed by atoms with E-state index in [-0.39, 0.29) is 5.28 Å². The maximum atomic E-state index is 12.1. The highest BCUT2D eigenvalue weighted by Gasteiger charge is 2.33. The first-order valence-electron chi connectivity index (χ1n) is 6.33. The summed E-state index contributed by atoms with van der Waals surface area (Å²) in [6.07, 6.45) is 1.27. The Hall–Kier alpha value is -0.570. The number of aryl methyl sites for hydroxylation is 1. The van der Waals surface area contributed by atoms with Crippen LogP contribution in [0.4, 0.5) is 5.82 Å². The number of halogens is 1. The summed E-state index contributed by atoms with van der Waals surface area (Å²) in [5.41, 5.74) is 0. The van der Waals surface area contributed by atoms with Crippen molar-refractivity contribution >= 4 is 60.6 Å². The largest absolute Gasteiger partial charge is 0.338 e. The van der Waals surface area contributed by atoms with Gasteiger partial charge in [0, 0.05) is 29.2 Å². The SMILES string of the molecule is Cc1cc2c(N3CCSCC3S(C)(=O)=O)nc(Cl)nc2s1. The van der Waals surface area contributed by atoms with E-state index in [2.05, 4.69) is 9.97 Å². The average Bonchev–Trinajstić information content (AvgIpc) is 2.77. The van der Waals surface area contributed by atoms with Gasteiger partial charge in [0.25, 0.3) is 0 Å². The van der Waals surface area contributed by atoms with Crippen molar-refractivity contribution in [3.8, 4) is 0 Å². The molecule has 5 nitrogen and oxygen atoms in total. The van der Waals surface area contributed by atoms with E-state index < -0.39 is 15.2 Å². The lowest BCUT2D eigenvalue weighted by molar-refractivity contribution is 0.584. The summed E-state index contributed by atoms with van der Waals surface area (Å²) in [6, 6.07) is 1.99. The van der Waals surface area contributed by atoms with Gasteiger partial charge in [-0.3, -0.25) is 0 Å². The minimum Gasteiger partial charge on any atom is -0.338 e. The van der Waals surface area contributed by atoms with Crippen LogP contribution in [0.3, 0.4) is 0 Å². The second-order valence-electron chi connectivity index (χ2n) is 4.94. The Bertz CT molecular complexity index is 790. The third kappa shape index (κ3) is 2.99. The number of fused-ring (bicyclic) bond motifs is 1. The van der Waals surface area contributed by atoms with Crippen LogP contribution in [0.15, 0.2) is 6.07 Å². The number of rotatable bonds is 2. The van der Waals surface area contributed by atoms with Gasteiger partial charge >= 0.3 is 0 Å². The molecule has 9 heteroatoms. The van der Waals surface area contributed by atoms with Gasteiger partial charge in [0.15, 0.2) is 9.84 Å². The second kappa shape index (κ2) is 5.57. The topological polar surface area (TPSA) is 63.2 Å². The molecule has 0 saturated carbocycles. The molecule has 1 saturated heterocycles. The summed E-state index contributed by atoms with van der Waals surface area (Å²) in [5.74, 6) is 2.05. The van der Waals surface area contributed by atoms with E-state index in [0.29, 0.717) is 18.1 Å². The normalized spacial score (nSPS) is 20.1. The Labute approximate surface area is 136 Å². The van der Waals surface area contributed by atoms with Crippen molar-refractivity contribution in [1.82, 2.24) is 9.97 Å². The molecule has 1 aliphatic heterocycles. The smallest absolute Gasteiger partial charge is 0.225 e. The molecule has 114 valence electrons. The highest BCUT2D eigenvalue weighted by Crippen LogP contribution is 2.35. The third-order valence-corrected chi connectivity index (χ3v) is 7.08. The first-order valence-corrected chi connectivity index (χ1v) is 10.6. The molecule has 0 bridgehead atoms. The number of nitrogens with zero attached hydrogens (tertiary/aromatic N) is 3. The molecule has 2 aromatic rings. The zero-order valence-electron chi connectivity index (χ0n) is 11.5. The lowest BCUT2D eigenvalue weighted by Gasteiger charge is -2.35. The molecule has 0 aliphatic carbocycles. The van der Waals surface area contributed by atoms with Crippen LogP contribution in [0.1, 0.15) is 4.88 Å². The van der Waals surface area contributed by atoms with Gasteiger partial charge in [-0.2, -0.15) is 16.7 Å². The van der Waals surface area contributed by atoms with Gasteiger partial charge in [-0.1, -0.05) is 0 Å². The molecular weight excluding hydrogens is 350 g/mol. The molecule has 1 fully saturated rings. The molecule has 0 radical (unpaired) electrons. The first kappa shape index (κ1) is 15.3. The van der Waals surface area contributed by atoms with Gasteiger partial charge in [-0.15, -0.1) is 11.3 Å². The first-order chi connectivity index (χ1) is 9.86. The van der Waals surface area contributed by atoms with Crippen molar-refractivity contribution in [2.75, 3.05) is 29.2 Å². The summed E-state index contributed by atoms with van der Waals surface area (Å²) in [5, 5.41) is 0.470. The van der Waals surface area contributed by atoms with E-state index >= 15 is 0 Å². The molecule has 21 heavy (non-hydrogen) atoms. The molecule has 3 heterocycles. The zero-order chi connectivity index (χ0) is 15.2. The molecule has 2 aromatic heterocycles. The van der Waals surface area contributed by atoms with Crippen molar-refractivity contribution in [3.63, 3.8) is 0 Å². The Morgan fingerprint density at radius 2 is 2.19 bits per heavy atom. The van der Waals surface area contributed by atoms with Gasteiger partial charge in [0.2, 0.25) is 5.28 Å². The molecule has 1 aliphatic rings. The zero-order valence-corrected chi connectivity index (χ0v) is 14.7. The van der Waals surface area contributed by atoms with Gasteiger partial charge in [-0.25, -0.2) is 13.4 Å². The molecule has 0 aromatic carbocycles. The van der Waals surface area contributed by atoms with E-state index in [1.165, 1.54) is 17.6 Å². The van der Waals surface area contributed by atoms with Gasteiger partial charge < -0.3 is 4.90 Å². The number of thiophene rings is 1. The van der Waals surface area contributed by atoms with Crippen LogP contribution in [-0.4, -0.2) is 48.1 Å². The number of hydrogen-bond donors (Lipinski definition) is 0. The summed E-state index contributed by atoms with van der Waals surface area (Å²) in [4.78, 5) is 12.3. The van der Waals surface area contributed by atoms with Gasteiger partial charge in [0.1, 0.15) is 16.0 Å². The molecule has 1 unspecified atom stereocenters. The molecular formula is C12H14ClN3O2S3. The van der Waals surface area contributed by atoms with E-state index in [0.717, 1.165) is 20.8 Å². The Balaban J connectivity index is 2.17. The molecule has 0 N–H and O–H groups in total. The lowest BCUT2D eigenvalue weighted by atomic mass is 10.3. The quantitative estimate of drug-likeness (QED) is 0.764. The standard InChI is InChI=1S/C12H14ClN3O2S3/c1-7-5-8-10(14-12(13)15-11(8)20-7)16-3-4-19-6-9(16)21(2,17)18/h5,9H,3-4,6H2,1-2H3. The highest BCUT2D eigenvalue weighted by atomic mass is 35.5. The number of sulfone groups is 1. The van der Waals surface area contributed by atoms with Crippen molar-refractivity contribution in [3.05, 3.63) is 16.2 Å². The van der Waals surface area contributed by atoms with Crippen molar-refractivity contribution < 1.29 is 8.42 Å². The maximum Gasteiger partial charge on any atom is 0.225 e. The summed E-state index contributed by atoms with van der Waals surface area (Å²) < 4.78 is 24.1. The minimum absolute atomic E-state index is 0.157. The average molecular weight is 364 g/mol. The molecule has 1 atom stereocenters. The van der Waals surface area contributed by atoms with Crippen LogP contribution < -0.4 is 4.90 Å². The van der Waals surface area contributed by atoms with Crippen LogP contribution in [0.5, 0.6) is 0 Å². The minimum atomic E-state index is -3.19. The molecule has 0 amide bonds. The van der Waals surface area contributed by atoms with E-state index in [1.807, 2.05) is 17.9 Å². The van der Waals surface area contributed by atoms with Crippen LogP contribution in [0.2, 0.25) is 5.28 Å². The number of anilines is 1. The lowest BCUT2D eigenvalue weighted by Crippen LogP contribution is -2.47. The fourth-order valence-electron chi connectivity index (χ4n) is 2.40. The Morgan fingerprint density at radius 3 is 2.90 bits per heavy atom. The maximum absolute atomic E-state index is 12.1. The van der Waals surface area contributed by atoms with Crippen LogP contribution in [-0.2, 0) is 9.84 Å². The Morgan fingerprint density at radius 1 is 1.43 bits per heavy atom. The van der Waals surface area contributed by atoms with Crippen molar-refractivity contribution in [2.24, 2.45) is 0 Å². The highest BCUT2D eigenvalue weighted by molar-refractivity contribution is 8.01. The number of hydrogen-bond acceptors (Lipinski definition) is 7. The number of thioether (sulfide) groups is 1. The monoisotopic (exact) mass is 363 g/mol. The van der Waals surface area contributed by atoms with Crippen LogP contribution >= 0.6 is 34.7 Å². The van der Waals surface area contributed by atoms with Crippen molar-refractivity contribution in [1.29, 1.82) is 0 Å². The Kier molecular flexibility index (Phi) is 4.06. The van der Waals surface area contributed by atoms with E-state index in [4.69, 9.17) is 11.6 Å². The predicted molar refractivity (Wildman–Crippen MR) is 90.5 cm³/mol. The number of aromatic nitrogens is 2. The predicted octanol–water partition coefficient (Wildman–Crippen LogP) is 2.58. The fraction of sp³-hybridized carbons (Fsp3) is 0.500. The fourth-order valence-corrected chi connectivity index (χ4v) is 6.31. The van der Waals surface area contributed by atoms with Gasteiger partial charge in [-0.05, 0) is 24.6 Å². The second-order valence-corrected chi connectivity index (χ2v) is 9.87. The van der Waals surface area contributed by atoms with Crippen molar-refractivity contribution in [2.45, 2.75) is 12.3 Å². The third-order valence-electron chi connectivity index (χ3n) is 3.32. The summed E-state index contributed by atoms with van der Waals surface area (Å²) in [6.45, 7) is 2.63. The van der Waals surface area contributed by atoms with E-state index in [9.17, 15) is 8.42 Å². The van der Waals surface area contributed by atoms with Crippen LogP contribution in [0, 0.1) is 6.92 Å².